The molecule has 2 atom stereocenters. The molecular formula is C19H30N2O3. The van der Waals surface area contributed by atoms with E-state index < -0.39 is 0 Å². The number of amides is 2. The summed E-state index contributed by atoms with van der Waals surface area (Å²) in [4.78, 5) is 12.2. The lowest BCUT2D eigenvalue weighted by molar-refractivity contribution is -0.0329. The smallest absolute Gasteiger partial charge is 0.319 e. The molecule has 1 fully saturated rings. The molecule has 0 spiro atoms. The minimum atomic E-state index is -0.158. The van der Waals surface area contributed by atoms with Gasteiger partial charge in [0.05, 0.1) is 12.7 Å². The lowest BCUT2D eigenvalue weighted by atomic mass is 9.89. The summed E-state index contributed by atoms with van der Waals surface area (Å²) >= 11 is 0. The molecule has 5 heteroatoms. The second-order valence-corrected chi connectivity index (χ2v) is 6.26. The van der Waals surface area contributed by atoms with Crippen LogP contribution < -0.4 is 15.4 Å². The highest BCUT2D eigenvalue weighted by molar-refractivity contribution is 5.89. The van der Waals surface area contributed by atoms with E-state index >= 15 is 0 Å². The number of benzene rings is 1. The van der Waals surface area contributed by atoms with Crippen molar-refractivity contribution in [2.45, 2.75) is 58.6 Å². The number of nitrogens with one attached hydrogen (secondary N) is 2. The number of carbonyl (C=O) groups is 1. The molecule has 24 heavy (non-hydrogen) atoms. The Balaban J connectivity index is 1.83. The summed E-state index contributed by atoms with van der Waals surface area (Å²) < 4.78 is 11.3. The molecule has 0 aliphatic carbocycles. The number of rotatable bonds is 7. The summed E-state index contributed by atoms with van der Waals surface area (Å²) in [6.07, 6.45) is 4.25. The number of carbonyl (C=O) groups excluding carboxylic acids is 1. The summed E-state index contributed by atoms with van der Waals surface area (Å²) in [5, 5.41) is 5.96. The molecular weight excluding hydrogens is 304 g/mol. The van der Waals surface area contributed by atoms with Crippen molar-refractivity contribution < 1.29 is 14.3 Å². The van der Waals surface area contributed by atoms with E-state index in [0.29, 0.717) is 12.5 Å². The molecule has 0 bridgehead atoms. The molecule has 1 aliphatic rings. The maximum Gasteiger partial charge on any atom is 0.319 e. The van der Waals surface area contributed by atoms with Gasteiger partial charge in [0.2, 0.25) is 0 Å². The van der Waals surface area contributed by atoms with Gasteiger partial charge < -0.3 is 20.1 Å². The third-order valence-corrected chi connectivity index (χ3v) is 4.65. The zero-order valence-corrected chi connectivity index (χ0v) is 15.0. The van der Waals surface area contributed by atoms with Gasteiger partial charge in [-0.1, -0.05) is 26.7 Å². The lowest BCUT2D eigenvalue weighted by Gasteiger charge is -2.34. The Morgan fingerprint density at radius 1 is 1.25 bits per heavy atom. The van der Waals surface area contributed by atoms with Crippen LogP contribution in [0.15, 0.2) is 24.3 Å². The summed E-state index contributed by atoms with van der Waals surface area (Å²) in [6, 6.07) is 7.43. The van der Waals surface area contributed by atoms with Crippen molar-refractivity contribution in [1.29, 1.82) is 0 Å². The van der Waals surface area contributed by atoms with Crippen molar-refractivity contribution in [1.82, 2.24) is 5.32 Å². The van der Waals surface area contributed by atoms with Crippen LogP contribution in [0.5, 0.6) is 5.75 Å². The van der Waals surface area contributed by atoms with Gasteiger partial charge in [-0.05, 0) is 49.9 Å². The van der Waals surface area contributed by atoms with Crippen molar-refractivity contribution in [2.24, 2.45) is 5.92 Å². The molecule has 1 aliphatic heterocycles. The van der Waals surface area contributed by atoms with Crippen LogP contribution >= 0.6 is 0 Å². The Hall–Kier alpha value is -1.75. The van der Waals surface area contributed by atoms with E-state index in [1.807, 2.05) is 31.2 Å². The fourth-order valence-corrected chi connectivity index (χ4v) is 3.26. The Kier molecular flexibility index (Phi) is 7.37. The first-order valence-electron chi connectivity index (χ1n) is 9.08. The molecule has 1 heterocycles. The average molecular weight is 334 g/mol. The Labute approximate surface area is 145 Å². The molecule has 0 radical (unpaired) electrons. The van der Waals surface area contributed by atoms with Crippen LogP contribution in [0.1, 0.15) is 46.5 Å². The third-order valence-electron chi connectivity index (χ3n) is 4.65. The third kappa shape index (κ3) is 5.41. The molecule has 2 N–H and O–H groups in total. The number of ether oxygens (including phenoxy) is 2. The van der Waals surface area contributed by atoms with E-state index in [1.165, 1.54) is 0 Å². The first-order valence-corrected chi connectivity index (χ1v) is 9.08. The molecule has 1 aromatic rings. The van der Waals surface area contributed by atoms with Crippen LogP contribution in [-0.2, 0) is 4.74 Å². The van der Waals surface area contributed by atoms with Gasteiger partial charge in [-0.25, -0.2) is 4.79 Å². The SMILES string of the molecule is CCOc1ccc(NC(=O)N[C@@H]2CCO[C@@H](C(CC)CC)C2)cc1. The first-order chi connectivity index (χ1) is 11.7. The van der Waals surface area contributed by atoms with Gasteiger partial charge in [0.15, 0.2) is 0 Å². The normalized spacial score (nSPS) is 20.7. The van der Waals surface area contributed by atoms with Gasteiger partial charge in [-0.3, -0.25) is 0 Å². The van der Waals surface area contributed by atoms with Crippen LogP contribution in [0.25, 0.3) is 0 Å². The quantitative estimate of drug-likeness (QED) is 0.786. The summed E-state index contributed by atoms with van der Waals surface area (Å²) in [7, 11) is 0. The Morgan fingerprint density at radius 3 is 2.58 bits per heavy atom. The van der Waals surface area contributed by atoms with Gasteiger partial charge in [-0.15, -0.1) is 0 Å². The van der Waals surface area contributed by atoms with Crippen molar-refractivity contribution in [3.8, 4) is 5.75 Å². The molecule has 5 nitrogen and oxygen atoms in total. The van der Waals surface area contributed by atoms with Crippen LogP contribution in [-0.4, -0.2) is 31.4 Å². The van der Waals surface area contributed by atoms with E-state index in [-0.39, 0.29) is 18.2 Å². The van der Waals surface area contributed by atoms with Gasteiger partial charge in [0.25, 0.3) is 0 Å². The van der Waals surface area contributed by atoms with Gasteiger partial charge in [0.1, 0.15) is 5.75 Å². The fourth-order valence-electron chi connectivity index (χ4n) is 3.26. The Morgan fingerprint density at radius 2 is 1.96 bits per heavy atom. The standard InChI is InChI=1S/C19H30N2O3/c1-4-14(5-2)18-13-16(11-12-24-18)21-19(22)20-15-7-9-17(10-8-15)23-6-3/h7-10,14,16,18H,4-6,11-13H2,1-3H3,(H2,20,21,22)/t16-,18-/m1/s1. The maximum atomic E-state index is 12.2. The van der Waals surface area contributed by atoms with E-state index in [2.05, 4.69) is 24.5 Å². The molecule has 0 saturated carbocycles. The first kappa shape index (κ1) is 18.6. The minimum absolute atomic E-state index is 0.158. The second-order valence-electron chi connectivity index (χ2n) is 6.26. The highest BCUT2D eigenvalue weighted by atomic mass is 16.5. The van der Waals surface area contributed by atoms with E-state index in [1.54, 1.807) is 0 Å². The lowest BCUT2D eigenvalue weighted by Crippen LogP contribution is -2.45. The predicted octanol–water partition coefficient (Wildman–Crippen LogP) is 4.19. The van der Waals surface area contributed by atoms with Crippen LogP contribution in [0, 0.1) is 5.92 Å². The molecule has 134 valence electrons. The van der Waals surface area contributed by atoms with Gasteiger partial charge in [-0.2, -0.15) is 0 Å². The molecule has 0 unspecified atom stereocenters. The monoisotopic (exact) mass is 334 g/mol. The van der Waals surface area contributed by atoms with Crippen molar-refractivity contribution >= 4 is 11.7 Å². The molecule has 2 amide bonds. The van der Waals surface area contributed by atoms with Crippen molar-refractivity contribution in [3.63, 3.8) is 0 Å². The average Bonchev–Trinajstić information content (AvgIpc) is 2.58. The topological polar surface area (TPSA) is 59.6 Å². The largest absolute Gasteiger partial charge is 0.494 e. The highest BCUT2D eigenvalue weighted by Crippen LogP contribution is 2.25. The van der Waals surface area contributed by atoms with Crippen LogP contribution in [0.2, 0.25) is 0 Å². The second kappa shape index (κ2) is 9.52. The number of hydrogen-bond donors (Lipinski definition) is 2. The number of anilines is 1. The van der Waals surface area contributed by atoms with E-state index in [4.69, 9.17) is 9.47 Å². The Bertz CT molecular complexity index is 500. The zero-order chi connectivity index (χ0) is 17.4. The number of urea groups is 1. The summed E-state index contributed by atoms with van der Waals surface area (Å²) in [5.74, 6) is 1.38. The minimum Gasteiger partial charge on any atom is -0.494 e. The molecule has 0 aromatic heterocycles. The molecule has 2 rings (SSSR count). The van der Waals surface area contributed by atoms with Crippen LogP contribution in [0.3, 0.4) is 0 Å². The van der Waals surface area contributed by atoms with Gasteiger partial charge >= 0.3 is 6.03 Å². The predicted molar refractivity (Wildman–Crippen MR) is 96.6 cm³/mol. The highest BCUT2D eigenvalue weighted by Gasteiger charge is 2.28. The molecule has 1 saturated heterocycles. The van der Waals surface area contributed by atoms with Crippen molar-refractivity contribution in [3.05, 3.63) is 24.3 Å². The van der Waals surface area contributed by atoms with Crippen LogP contribution in [0.4, 0.5) is 10.5 Å². The summed E-state index contributed by atoms with van der Waals surface area (Å²) in [5.41, 5.74) is 0.763. The molecule has 1 aromatic carbocycles. The van der Waals surface area contributed by atoms with E-state index in [0.717, 1.165) is 43.7 Å². The zero-order valence-electron chi connectivity index (χ0n) is 15.0. The number of hydrogen-bond acceptors (Lipinski definition) is 3. The summed E-state index contributed by atoms with van der Waals surface area (Å²) in [6.45, 7) is 7.70. The fraction of sp³-hybridized carbons (Fsp3) is 0.632. The maximum absolute atomic E-state index is 12.2. The van der Waals surface area contributed by atoms with Crippen molar-refractivity contribution in [2.75, 3.05) is 18.5 Å². The van der Waals surface area contributed by atoms with Gasteiger partial charge in [0, 0.05) is 18.3 Å². The van der Waals surface area contributed by atoms with E-state index in [9.17, 15) is 4.79 Å².